The van der Waals surface area contributed by atoms with Crippen LogP contribution in [0.1, 0.15) is 29.8 Å². The molecule has 1 saturated heterocycles. The number of carbonyl (C=O) groups is 2. The molecule has 6 nitrogen and oxygen atoms in total. The highest BCUT2D eigenvalue weighted by molar-refractivity contribution is 6.00. The molecule has 2 amide bonds. The van der Waals surface area contributed by atoms with Crippen molar-refractivity contribution < 1.29 is 14.3 Å². The maximum atomic E-state index is 12.6. The van der Waals surface area contributed by atoms with Gasteiger partial charge in [0.05, 0.1) is 24.3 Å². The summed E-state index contributed by atoms with van der Waals surface area (Å²) in [5.41, 5.74) is 2.21. The Balaban J connectivity index is 1.59. The summed E-state index contributed by atoms with van der Waals surface area (Å²) >= 11 is 0. The lowest BCUT2D eigenvalue weighted by Crippen LogP contribution is -2.49. The quantitative estimate of drug-likeness (QED) is 0.807. The topological polar surface area (TPSA) is 70.7 Å². The van der Waals surface area contributed by atoms with E-state index in [-0.39, 0.29) is 30.6 Å². The molecule has 6 heteroatoms. The molecule has 1 aliphatic heterocycles. The maximum Gasteiger partial charge on any atom is 0.253 e. The highest BCUT2D eigenvalue weighted by atomic mass is 16.5. The maximum absolute atomic E-state index is 12.6. The van der Waals surface area contributed by atoms with Crippen LogP contribution in [0, 0.1) is 0 Å². The number of carbonyl (C=O) groups excluding carboxylic acids is 2. The van der Waals surface area contributed by atoms with Crippen LogP contribution in [-0.4, -0.2) is 48.6 Å². The smallest absolute Gasteiger partial charge is 0.253 e. The van der Waals surface area contributed by atoms with Gasteiger partial charge >= 0.3 is 0 Å². The zero-order valence-electron chi connectivity index (χ0n) is 16.4. The molecule has 3 rings (SSSR count). The lowest BCUT2D eigenvalue weighted by molar-refractivity contribution is -0.141. The van der Waals surface area contributed by atoms with E-state index in [9.17, 15) is 9.59 Å². The van der Waals surface area contributed by atoms with Crippen LogP contribution in [0.2, 0.25) is 0 Å². The van der Waals surface area contributed by atoms with Crippen LogP contribution >= 0.6 is 0 Å². The Morgan fingerprint density at radius 2 is 1.64 bits per heavy atom. The number of para-hydroxylation sites is 1. The van der Waals surface area contributed by atoms with E-state index in [4.69, 9.17) is 4.74 Å². The van der Waals surface area contributed by atoms with Crippen molar-refractivity contribution in [3.8, 4) is 0 Å². The van der Waals surface area contributed by atoms with Crippen LogP contribution < -0.4 is 10.6 Å². The standard InChI is InChI=1S/C22H27N3O3/c1-16-14-25(15-17(2)28-16)21(26)13-23-20-11-7-6-10-19(20)22(27)24-12-18-8-4-3-5-9-18/h3-11,16-17,23H,12-15H2,1-2H3,(H,24,27)/t16-,17-/m1/s1. The van der Waals surface area contributed by atoms with E-state index >= 15 is 0 Å². The molecule has 0 bridgehead atoms. The molecule has 0 spiro atoms. The molecule has 28 heavy (non-hydrogen) atoms. The Bertz CT molecular complexity index is 800. The Kier molecular flexibility index (Phi) is 6.66. The highest BCUT2D eigenvalue weighted by Gasteiger charge is 2.25. The summed E-state index contributed by atoms with van der Waals surface area (Å²) in [6.45, 7) is 5.71. The molecule has 2 N–H and O–H groups in total. The molecule has 1 aliphatic rings. The molecule has 2 aromatic carbocycles. The van der Waals surface area contributed by atoms with E-state index in [1.54, 1.807) is 6.07 Å². The third kappa shape index (κ3) is 5.33. The third-order valence-corrected chi connectivity index (χ3v) is 4.67. The van der Waals surface area contributed by atoms with Crippen molar-refractivity contribution in [1.29, 1.82) is 0 Å². The van der Waals surface area contributed by atoms with Crippen LogP contribution in [0.4, 0.5) is 5.69 Å². The number of nitrogens with one attached hydrogen (secondary N) is 2. The van der Waals surface area contributed by atoms with Crippen molar-refractivity contribution >= 4 is 17.5 Å². The van der Waals surface area contributed by atoms with Gasteiger partial charge in [0.1, 0.15) is 0 Å². The minimum atomic E-state index is -0.173. The molecule has 2 atom stereocenters. The Hall–Kier alpha value is -2.86. The predicted molar refractivity (Wildman–Crippen MR) is 109 cm³/mol. The number of hydrogen-bond acceptors (Lipinski definition) is 4. The summed E-state index contributed by atoms with van der Waals surface area (Å²) in [6, 6.07) is 17.0. The zero-order valence-corrected chi connectivity index (χ0v) is 16.4. The van der Waals surface area contributed by atoms with Crippen LogP contribution in [0.15, 0.2) is 54.6 Å². The van der Waals surface area contributed by atoms with Gasteiger partial charge in [0.15, 0.2) is 0 Å². The summed E-state index contributed by atoms with van der Waals surface area (Å²) in [5.74, 6) is -0.172. The fourth-order valence-corrected chi connectivity index (χ4v) is 3.37. The molecule has 0 aliphatic carbocycles. The number of morpholine rings is 1. The van der Waals surface area contributed by atoms with Gasteiger partial charge in [-0.3, -0.25) is 9.59 Å². The van der Waals surface area contributed by atoms with Crippen LogP contribution in [0.5, 0.6) is 0 Å². The average molecular weight is 381 g/mol. The number of rotatable bonds is 6. The van der Waals surface area contributed by atoms with Crippen molar-refractivity contribution in [1.82, 2.24) is 10.2 Å². The minimum absolute atomic E-state index is 0.00139. The van der Waals surface area contributed by atoms with Gasteiger partial charge in [-0.15, -0.1) is 0 Å². The molecule has 0 aromatic heterocycles. The monoisotopic (exact) mass is 381 g/mol. The van der Waals surface area contributed by atoms with Crippen molar-refractivity contribution in [3.63, 3.8) is 0 Å². The Morgan fingerprint density at radius 1 is 1.00 bits per heavy atom. The van der Waals surface area contributed by atoms with E-state index < -0.39 is 0 Å². The lowest BCUT2D eigenvalue weighted by atomic mass is 10.1. The number of amides is 2. The average Bonchev–Trinajstić information content (AvgIpc) is 2.70. The van der Waals surface area contributed by atoms with E-state index in [0.717, 1.165) is 5.56 Å². The normalized spacial score (nSPS) is 19.1. The molecule has 148 valence electrons. The van der Waals surface area contributed by atoms with Crippen LogP contribution in [0.25, 0.3) is 0 Å². The first-order valence-electron chi connectivity index (χ1n) is 9.61. The largest absolute Gasteiger partial charge is 0.376 e. The second-order valence-electron chi connectivity index (χ2n) is 7.12. The second kappa shape index (κ2) is 9.37. The Labute approximate surface area is 165 Å². The fourth-order valence-electron chi connectivity index (χ4n) is 3.37. The Morgan fingerprint density at radius 3 is 2.36 bits per heavy atom. The van der Waals surface area contributed by atoms with Gasteiger partial charge in [-0.05, 0) is 31.5 Å². The SMILES string of the molecule is C[C@@H]1CN(C(=O)CNc2ccccc2C(=O)NCc2ccccc2)C[C@@H](C)O1. The predicted octanol–water partition coefficient (Wildman–Crippen LogP) is 2.66. The van der Waals surface area contributed by atoms with E-state index in [2.05, 4.69) is 10.6 Å². The lowest BCUT2D eigenvalue weighted by Gasteiger charge is -2.35. The minimum Gasteiger partial charge on any atom is -0.376 e. The summed E-state index contributed by atoms with van der Waals surface area (Å²) in [5, 5.41) is 6.05. The molecule has 0 saturated carbocycles. The first kappa shape index (κ1) is 19.9. The van der Waals surface area contributed by atoms with Gasteiger partial charge in [-0.1, -0.05) is 42.5 Å². The van der Waals surface area contributed by atoms with Crippen LogP contribution in [0.3, 0.4) is 0 Å². The summed E-state index contributed by atoms with van der Waals surface area (Å²) < 4.78 is 5.68. The summed E-state index contributed by atoms with van der Waals surface area (Å²) in [6.07, 6.45) is 0.0625. The molecule has 0 radical (unpaired) electrons. The third-order valence-electron chi connectivity index (χ3n) is 4.67. The molecule has 2 aromatic rings. The molecule has 1 fully saturated rings. The van der Waals surface area contributed by atoms with Gasteiger partial charge in [0.25, 0.3) is 5.91 Å². The van der Waals surface area contributed by atoms with E-state index in [1.807, 2.05) is 67.3 Å². The number of nitrogens with zero attached hydrogens (tertiary/aromatic N) is 1. The molecular weight excluding hydrogens is 354 g/mol. The van der Waals surface area contributed by atoms with Crippen LogP contribution in [-0.2, 0) is 16.1 Å². The zero-order chi connectivity index (χ0) is 19.9. The molecule has 0 unspecified atom stereocenters. The van der Waals surface area contributed by atoms with Crippen molar-refractivity contribution in [2.45, 2.75) is 32.6 Å². The fraction of sp³-hybridized carbons (Fsp3) is 0.364. The number of hydrogen-bond donors (Lipinski definition) is 2. The first-order valence-corrected chi connectivity index (χ1v) is 9.61. The van der Waals surface area contributed by atoms with Gasteiger partial charge in [-0.2, -0.15) is 0 Å². The van der Waals surface area contributed by atoms with Gasteiger partial charge in [0, 0.05) is 25.3 Å². The van der Waals surface area contributed by atoms with Gasteiger partial charge < -0.3 is 20.3 Å². The van der Waals surface area contributed by atoms with E-state index in [1.165, 1.54) is 0 Å². The number of anilines is 1. The van der Waals surface area contributed by atoms with Crippen molar-refractivity contribution in [3.05, 3.63) is 65.7 Å². The van der Waals surface area contributed by atoms with Crippen molar-refractivity contribution in [2.75, 3.05) is 25.0 Å². The van der Waals surface area contributed by atoms with E-state index in [0.29, 0.717) is 30.9 Å². The first-order chi connectivity index (χ1) is 13.5. The summed E-state index contributed by atoms with van der Waals surface area (Å²) in [4.78, 5) is 27.0. The number of ether oxygens (including phenoxy) is 1. The number of benzene rings is 2. The van der Waals surface area contributed by atoms with Crippen molar-refractivity contribution in [2.24, 2.45) is 0 Å². The second-order valence-corrected chi connectivity index (χ2v) is 7.12. The molecular formula is C22H27N3O3. The van der Waals surface area contributed by atoms with Gasteiger partial charge in [0.2, 0.25) is 5.91 Å². The summed E-state index contributed by atoms with van der Waals surface area (Å²) in [7, 11) is 0. The highest BCUT2D eigenvalue weighted by Crippen LogP contribution is 2.16. The molecule has 1 heterocycles. The van der Waals surface area contributed by atoms with Gasteiger partial charge in [-0.25, -0.2) is 0 Å².